The third-order valence-corrected chi connectivity index (χ3v) is 8.58. The molecule has 5 heterocycles. The molecule has 1 amide bonds. The first-order valence-electron chi connectivity index (χ1n) is 11.6. The molecule has 6 rings (SSSR count). The molecule has 0 bridgehead atoms. The summed E-state index contributed by atoms with van der Waals surface area (Å²) in [6.45, 7) is 3.71. The summed E-state index contributed by atoms with van der Waals surface area (Å²) in [5, 5.41) is 8.10. The zero-order valence-electron chi connectivity index (χ0n) is 19.1. The first-order chi connectivity index (χ1) is 17.1. The quantitative estimate of drug-likeness (QED) is 0.378. The predicted molar refractivity (Wildman–Crippen MR) is 135 cm³/mol. The van der Waals surface area contributed by atoms with Gasteiger partial charge < -0.3 is 9.42 Å². The van der Waals surface area contributed by atoms with Crippen molar-refractivity contribution in [2.45, 2.75) is 37.4 Å². The third kappa shape index (κ3) is 4.00. The smallest absolute Gasteiger partial charge is 0.267 e. The minimum absolute atomic E-state index is 0.169. The van der Waals surface area contributed by atoms with Gasteiger partial charge in [-0.15, -0.1) is 11.3 Å². The molecular formula is C25H23N5O3S2. The van der Waals surface area contributed by atoms with Crippen LogP contribution in [0.15, 0.2) is 56.4 Å². The number of carbonyl (C=O) groups excluding carboxylic acids is 1. The highest BCUT2D eigenvalue weighted by Gasteiger charge is 2.30. The van der Waals surface area contributed by atoms with E-state index in [9.17, 15) is 9.59 Å². The van der Waals surface area contributed by atoms with Crippen LogP contribution < -0.4 is 5.56 Å². The number of rotatable bonds is 4. The van der Waals surface area contributed by atoms with Crippen LogP contribution in [-0.4, -0.2) is 49.3 Å². The fourth-order valence-electron chi connectivity index (χ4n) is 4.72. The molecule has 8 nitrogen and oxygen atoms in total. The Morgan fingerprint density at radius 1 is 1.14 bits per heavy atom. The van der Waals surface area contributed by atoms with Crippen LogP contribution in [0.5, 0.6) is 0 Å². The zero-order chi connectivity index (χ0) is 23.9. The van der Waals surface area contributed by atoms with Gasteiger partial charge in [-0.3, -0.25) is 14.2 Å². The zero-order valence-corrected chi connectivity index (χ0v) is 20.8. The molecule has 2 aliphatic heterocycles. The maximum atomic E-state index is 13.1. The van der Waals surface area contributed by atoms with Crippen molar-refractivity contribution in [1.82, 2.24) is 24.6 Å². The van der Waals surface area contributed by atoms with Gasteiger partial charge >= 0.3 is 0 Å². The highest BCUT2D eigenvalue weighted by Crippen LogP contribution is 2.38. The van der Waals surface area contributed by atoms with Gasteiger partial charge in [0.15, 0.2) is 5.16 Å². The summed E-state index contributed by atoms with van der Waals surface area (Å²) >= 11 is 3.19. The van der Waals surface area contributed by atoms with Gasteiger partial charge in [-0.25, -0.2) is 9.97 Å². The molecule has 0 atom stereocenters. The Labute approximate surface area is 210 Å². The van der Waals surface area contributed by atoms with E-state index in [0.717, 1.165) is 51.9 Å². The van der Waals surface area contributed by atoms with Gasteiger partial charge in [0.2, 0.25) is 0 Å². The van der Waals surface area contributed by atoms with Crippen LogP contribution in [0.1, 0.15) is 39.9 Å². The van der Waals surface area contributed by atoms with Gasteiger partial charge in [0.05, 0.1) is 16.3 Å². The van der Waals surface area contributed by atoms with Gasteiger partial charge in [-0.05, 0) is 19.8 Å². The van der Waals surface area contributed by atoms with E-state index < -0.39 is 0 Å². The molecule has 178 valence electrons. The first-order valence-corrected chi connectivity index (χ1v) is 13.5. The second-order valence-corrected chi connectivity index (χ2v) is 10.7. The Hall–Kier alpha value is -3.24. The lowest BCUT2D eigenvalue weighted by molar-refractivity contribution is 0.0709. The van der Waals surface area contributed by atoms with Crippen LogP contribution in [0.4, 0.5) is 0 Å². The number of amides is 1. The molecule has 0 aliphatic carbocycles. The second-order valence-electron chi connectivity index (χ2n) is 8.73. The van der Waals surface area contributed by atoms with E-state index >= 15 is 0 Å². The molecule has 2 aliphatic rings. The van der Waals surface area contributed by atoms with Gasteiger partial charge in [-0.2, -0.15) is 0 Å². The molecule has 3 aromatic heterocycles. The maximum absolute atomic E-state index is 13.1. The number of nitrogens with zero attached hydrogens (tertiary/aromatic N) is 5. The molecule has 1 aromatic carbocycles. The molecule has 10 heteroatoms. The Balaban J connectivity index is 1.17. The van der Waals surface area contributed by atoms with E-state index in [1.165, 1.54) is 6.20 Å². The van der Waals surface area contributed by atoms with Crippen LogP contribution in [-0.2, 0) is 6.54 Å². The summed E-state index contributed by atoms with van der Waals surface area (Å²) in [6, 6.07) is 9.97. The van der Waals surface area contributed by atoms with Crippen molar-refractivity contribution >= 4 is 29.0 Å². The fourth-order valence-corrected chi connectivity index (χ4v) is 6.62. The fraction of sp³-hybridized carbons (Fsp3) is 0.320. The number of hydrogen-bond acceptors (Lipinski definition) is 8. The summed E-state index contributed by atoms with van der Waals surface area (Å²) in [5.74, 6) is 1.62. The number of piperidine rings is 1. The lowest BCUT2D eigenvalue weighted by Crippen LogP contribution is -2.41. The van der Waals surface area contributed by atoms with Crippen LogP contribution >= 0.6 is 23.1 Å². The number of aromatic nitrogens is 4. The van der Waals surface area contributed by atoms with Crippen LogP contribution in [0, 0.1) is 6.92 Å². The van der Waals surface area contributed by atoms with E-state index in [1.54, 1.807) is 32.6 Å². The average Bonchev–Trinajstić information content (AvgIpc) is 3.64. The molecular weight excluding hydrogens is 482 g/mol. The molecule has 35 heavy (non-hydrogen) atoms. The number of benzene rings is 1. The van der Waals surface area contributed by atoms with E-state index in [2.05, 4.69) is 15.5 Å². The first kappa shape index (κ1) is 22.2. The Kier molecular flexibility index (Phi) is 5.77. The summed E-state index contributed by atoms with van der Waals surface area (Å²) in [5.41, 5.74) is 3.53. The highest BCUT2D eigenvalue weighted by molar-refractivity contribution is 7.99. The van der Waals surface area contributed by atoms with Gasteiger partial charge in [-0.1, -0.05) is 47.3 Å². The van der Waals surface area contributed by atoms with Gasteiger partial charge in [0.1, 0.15) is 17.0 Å². The van der Waals surface area contributed by atoms with E-state index in [0.29, 0.717) is 24.8 Å². The third-order valence-electron chi connectivity index (χ3n) is 6.61. The standard InChI is InChI=1S/C25H23N5O3S2/c1-15-20(21(28-33-15)16-5-3-2-4-6-16)19-14-35-22(27-19)17-7-9-29(10-8-17)23(31)18-13-26-25-30(24(18)32)11-12-34-25/h2-6,13-14,17H,7-12H2,1H3. The average molecular weight is 506 g/mol. The van der Waals surface area contributed by atoms with Crippen molar-refractivity contribution < 1.29 is 9.32 Å². The number of aryl methyl sites for hydroxylation is 1. The topological polar surface area (TPSA) is 94.1 Å². The molecule has 1 fully saturated rings. The van der Waals surface area contributed by atoms with Gasteiger partial charge in [0, 0.05) is 48.4 Å². The molecule has 1 saturated heterocycles. The normalized spacial score (nSPS) is 16.0. The van der Waals surface area contributed by atoms with Crippen molar-refractivity contribution in [2.75, 3.05) is 18.8 Å². The summed E-state index contributed by atoms with van der Waals surface area (Å²) in [4.78, 5) is 36.9. The number of thioether (sulfide) groups is 1. The van der Waals surface area contributed by atoms with E-state index in [1.807, 2.05) is 37.3 Å². The molecule has 4 aromatic rings. The molecule has 0 saturated carbocycles. The lowest BCUT2D eigenvalue weighted by atomic mass is 9.97. The Morgan fingerprint density at radius 2 is 1.94 bits per heavy atom. The monoisotopic (exact) mass is 505 g/mol. The molecule has 0 spiro atoms. The number of hydrogen-bond donors (Lipinski definition) is 0. The second kappa shape index (κ2) is 9.09. The Morgan fingerprint density at radius 3 is 2.74 bits per heavy atom. The summed E-state index contributed by atoms with van der Waals surface area (Å²) in [6.07, 6.45) is 3.06. The molecule has 0 unspecified atom stereocenters. The number of fused-ring (bicyclic) bond motifs is 1. The predicted octanol–water partition coefficient (Wildman–Crippen LogP) is 4.46. The van der Waals surface area contributed by atoms with Crippen molar-refractivity contribution in [3.63, 3.8) is 0 Å². The number of likely N-dealkylation sites (tertiary alicyclic amines) is 1. The Bertz CT molecular complexity index is 1450. The lowest BCUT2D eigenvalue weighted by Gasteiger charge is -2.31. The minimum atomic E-state index is -0.227. The SMILES string of the molecule is Cc1onc(-c2ccccc2)c1-c1csc(C2CCN(C(=O)c3cnc4n(c3=O)CCS4)CC2)n1. The minimum Gasteiger partial charge on any atom is -0.360 e. The van der Waals surface area contributed by atoms with Crippen molar-refractivity contribution in [3.8, 4) is 22.5 Å². The number of carbonyl (C=O) groups is 1. The van der Waals surface area contributed by atoms with Crippen molar-refractivity contribution in [1.29, 1.82) is 0 Å². The van der Waals surface area contributed by atoms with Crippen LogP contribution in [0.25, 0.3) is 22.5 Å². The summed E-state index contributed by atoms with van der Waals surface area (Å²) < 4.78 is 7.13. The number of thiazole rings is 1. The van der Waals surface area contributed by atoms with Crippen LogP contribution in [0.3, 0.4) is 0 Å². The van der Waals surface area contributed by atoms with Gasteiger partial charge in [0.25, 0.3) is 11.5 Å². The summed E-state index contributed by atoms with van der Waals surface area (Å²) in [7, 11) is 0. The molecule has 0 radical (unpaired) electrons. The van der Waals surface area contributed by atoms with Crippen molar-refractivity contribution in [2.24, 2.45) is 0 Å². The molecule has 0 N–H and O–H groups in total. The van der Waals surface area contributed by atoms with E-state index in [-0.39, 0.29) is 22.9 Å². The van der Waals surface area contributed by atoms with Crippen molar-refractivity contribution in [3.05, 3.63) is 68.6 Å². The largest absolute Gasteiger partial charge is 0.360 e. The van der Waals surface area contributed by atoms with E-state index in [4.69, 9.17) is 9.51 Å². The highest BCUT2D eigenvalue weighted by atomic mass is 32.2. The maximum Gasteiger partial charge on any atom is 0.267 e. The van der Waals surface area contributed by atoms with Crippen LogP contribution in [0.2, 0.25) is 0 Å².